The maximum absolute atomic E-state index is 12.0. The smallest absolute Gasteiger partial charge is 0.234 e. The number of nitrogens with two attached hydrogens (primary N) is 2. The van der Waals surface area contributed by atoms with Crippen LogP contribution in [0.2, 0.25) is 0 Å². The summed E-state index contributed by atoms with van der Waals surface area (Å²) in [7, 11) is 0. The van der Waals surface area contributed by atoms with E-state index in [9.17, 15) is 9.59 Å². The van der Waals surface area contributed by atoms with Gasteiger partial charge in [-0.15, -0.1) is 0 Å². The lowest BCUT2D eigenvalue weighted by molar-refractivity contribution is -0.119. The Hall–Kier alpha value is -1.68. The van der Waals surface area contributed by atoms with Gasteiger partial charge in [-0.2, -0.15) is 0 Å². The number of hydrogen-bond donors (Lipinski definition) is 2. The molecule has 4 N–H and O–H groups in total. The Bertz CT molecular complexity index is 443. The van der Waals surface area contributed by atoms with Gasteiger partial charge in [0, 0.05) is 12.0 Å². The number of ketones is 1. The predicted molar refractivity (Wildman–Crippen MR) is 66.8 cm³/mol. The van der Waals surface area contributed by atoms with Crippen LogP contribution in [0.4, 0.5) is 0 Å². The number of aryl methyl sites for hydroxylation is 3. The Labute approximate surface area is 101 Å². The Kier molecular flexibility index (Phi) is 4.02. The predicted octanol–water partition coefficient (Wildman–Crippen LogP) is 0.997. The third-order valence-corrected chi connectivity index (χ3v) is 2.73. The lowest BCUT2D eigenvalue weighted by atomic mass is 9.93. The van der Waals surface area contributed by atoms with E-state index in [-0.39, 0.29) is 12.2 Å². The van der Waals surface area contributed by atoms with E-state index in [2.05, 4.69) is 0 Å². The summed E-state index contributed by atoms with van der Waals surface area (Å²) in [4.78, 5) is 22.9. The molecule has 0 aliphatic heterocycles. The molecule has 0 saturated carbocycles. The van der Waals surface area contributed by atoms with E-state index in [1.54, 1.807) is 0 Å². The van der Waals surface area contributed by atoms with Gasteiger partial charge in [-0.3, -0.25) is 9.59 Å². The molecule has 0 radical (unpaired) electrons. The van der Waals surface area contributed by atoms with E-state index < -0.39 is 11.9 Å². The van der Waals surface area contributed by atoms with Crippen molar-refractivity contribution in [2.45, 2.75) is 33.2 Å². The molecule has 4 nitrogen and oxygen atoms in total. The minimum absolute atomic E-state index is 0.0416. The molecule has 0 bridgehead atoms. The number of carbonyl (C=O) groups is 2. The van der Waals surface area contributed by atoms with E-state index in [0.717, 1.165) is 16.7 Å². The average molecular weight is 234 g/mol. The average Bonchev–Trinajstić information content (AvgIpc) is 2.15. The van der Waals surface area contributed by atoms with Gasteiger partial charge in [0.05, 0.1) is 6.04 Å². The van der Waals surface area contributed by atoms with Gasteiger partial charge in [-0.1, -0.05) is 17.7 Å². The Morgan fingerprint density at radius 2 is 1.65 bits per heavy atom. The maximum Gasteiger partial charge on any atom is 0.234 e. The first-order valence-corrected chi connectivity index (χ1v) is 5.49. The molecule has 0 saturated heterocycles. The minimum atomic E-state index is -0.914. The molecule has 1 aromatic rings. The van der Waals surface area contributed by atoms with Crippen molar-refractivity contribution in [3.05, 3.63) is 34.4 Å². The molecular formula is C13H18N2O2. The molecule has 1 aromatic carbocycles. The second-order valence-electron chi connectivity index (χ2n) is 4.41. The van der Waals surface area contributed by atoms with Gasteiger partial charge >= 0.3 is 0 Å². The van der Waals surface area contributed by atoms with Crippen LogP contribution < -0.4 is 11.5 Å². The summed E-state index contributed by atoms with van der Waals surface area (Å²) in [5.41, 5.74) is 14.1. The van der Waals surface area contributed by atoms with Crippen LogP contribution in [-0.4, -0.2) is 17.7 Å². The number of benzene rings is 1. The van der Waals surface area contributed by atoms with Crippen molar-refractivity contribution >= 4 is 11.7 Å². The molecule has 92 valence electrons. The van der Waals surface area contributed by atoms with Crippen LogP contribution in [0.1, 0.15) is 33.5 Å². The van der Waals surface area contributed by atoms with E-state index in [0.29, 0.717) is 5.56 Å². The Morgan fingerprint density at radius 1 is 1.18 bits per heavy atom. The molecule has 1 atom stereocenters. The fraction of sp³-hybridized carbons (Fsp3) is 0.385. The molecule has 17 heavy (non-hydrogen) atoms. The summed E-state index contributed by atoms with van der Waals surface area (Å²) in [6, 6.07) is 2.97. The van der Waals surface area contributed by atoms with Gasteiger partial charge in [0.25, 0.3) is 0 Å². The zero-order chi connectivity index (χ0) is 13.2. The topological polar surface area (TPSA) is 86.2 Å². The summed E-state index contributed by atoms with van der Waals surface area (Å²) in [6.45, 7) is 5.73. The quantitative estimate of drug-likeness (QED) is 0.762. The summed E-state index contributed by atoms with van der Waals surface area (Å²) in [6.07, 6.45) is -0.0416. The number of primary amides is 1. The Morgan fingerprint density at radius 3 is 2.06 bits per heavy atom. The molecule has 0 heterocycles. The molecular weight excluding hydrogens is 216 g/mol. The van der Waals surface area contributed by atoms with Crippen LogP contribution in [-0.2, 0) is 4.79 Å². The highest BCUT2D eigenvalue weighted by molar-refractivity contribution is 6.01. The van der Waals surface area contributed by atoms with Crippen molar-refractivity contribution in [2.75, 3.05) is 0 Å². The Balaban J connectivity index is 3.01. The highest BCUT2D eigenvalue weighted by atomic mass is 16.1. The van der Waals surface area contributed by atoms with E-state index in [1.807, 2.05) is 32.9 Å². The summed E-state index contributed by atoms with van der Waals surface area (Å²) in [5.74, 6) is -0.785. The number of hydrogen-bond acceptors (Lipinski definition) is 3. The molecule has 0 fully saturated rings. The lowest BCUT2D eigenvalue weighted by Crippen LogP contribution is -2.38. The van der Waals surface area contributed by atoms with Gasteiger partial charge in [0.15, 0.2) is 5.78 Å². The van der Waals surface area contributed by atoms with E-state index in [4.69, 9.17) is 11.5 Å². The number of amides is 1. The first-order valence-electron chi connectivity index (χ1n) is 5.49. The summed E-state index contributed by atoms with van der Waals surface area (Å²) >= 11 is 0. The van der Waals surface area contributed by atoms with Gasteiger partial charge in [0.1, 0.15) is 0 Å². The van der Waals surface area contributed by atoms with Crippen LogP contribution >= 0.6 is 0 Å². The maximum atomic E-state index is 12.0. The number of rotatable bonds is 4. The number of Topliss-reactive ketones (excluding diaryl/α,β-unsaturated/α-hetero) is 1. The van der Waals surface area contributed by atoms with Gasteiger partial charge < -0.3 is 11.5 Å². The molecule has 0 aliphatic carbocycles. The van der Waals surface area contributed by atoms with Crippen molar-refractivity contribution < 1.29 is 9.59 Å². The molecule has 1 unspecified atom stereocenters. The minimum Gasteiger partial charge on any atom is -0.368 e. The number of carbonyl (C=O) groups excluding carboxylic acids is 2. The lowest BCUT2D eigenvalue weighted by Gasteiger charge is -2.12. The van der Waals surface area contributed by atoms with Gasteiger partial charge in [0.2, 0.25) is 5.91 Å². The van der Waals surface area contributed by atoms with Gasteiger partial charge in [-0.25, -0.2) is 0 Å². The fourth-order valence-corrected chi connectivity index (χ4v) is 2.02. The van der Waals surface area contributed by atoms with E-state index >= 15 is 0 Å². The van der Waals surface area contributed by atoms with E-state index in [1.165, 1.54) is 0 Å². The second-order valence-corrected chi connectivity index (χ2v) is 4.41. The fourth-order valence-electron chi connectivity index (χ4n) is 2.02. The molecule has 0 spiro atoms. The summed E-state index contributed by atoms with van der Waals surface area (Å²) in [5, 5.41) is 0. The third-order valence-electron chi connectivity index (χ3n) is 2.73. The molecule has 1 amide bonds. The molecule has 1 rings (SSSR count). The molecule has 0 aliphatic rings. The molecule has 0 aromatic heterocycles. The monoisotopic (exact) mass is 234 g/mol. The van der Waals surface area contributed by atoms with Gasteiger partial charge in [-0.05, 0) is 31.9 Å². The first kappa shape index (κ1) is 13.4. The van der Waals surface area contributed by atoms with Crippen molar-refractivity contribution in [1.29, 1.82) is 0 Å². The zero-order valence-corrected chi connectivity index (χ0v) is 10.4. The van der Waals surface area contributed by atoms with Crippen LogP contribution in [0.15, 0.2) is 12.1 Å². The van der Waals surface area contributed by atoms with Crippen LogP contribution in [0, 0.1) is 20.8 Å². The standard InChI is InChI=1S/C13H18N2O2/c1-7-4-8(2)12(9(3)5-7)11(16)6-10(14)13(15)17/h4-5,10H,6,14H2,1-3H3,(H2,15,17). The summed E-state index contributed by atoms with van der Waals surface area (Å²) < 4.78 is 0. The van der Waals surface area contributed by atoms with Crippen molar-refractivity contribution in [1.82, 2.24) is 0 Å². The molecule has 4 heteroatoms. The third kappa shape index (κ3) is 3.14. The van der Waals surface area contributed by atoms with Crippen molar-refractivity contribution in [3.8, 4) is 0 Å². The van der Waals surface area contributed by atoms with Crippen LogP contribution in [0.3, 0.4) is 0 Å². The first-order chi connectivity index (χ1) is 7.82. The second kappa shape index (κ2) is 5.10. The van der Waals surface area contributed by atoms with Crippen molar-refractivity contribution in [2.24, 2.45) is 11.5 Å². The van der Waals surface area contributed by atoms with Crippen LogP contribution in [0.25, 0.3) is 0 Å². The SMILES string of the molecule is Cc1cc(C)c(C(=O)CC(N)C(N)=O)c(C)c1. The highest BCUT2D eigenvalue weighted by Crippen LogP contribution is 2.18. The highest BCUT2D eigenvalue weighted by Gasteiger charge is 2.19. The largest absolute Gasteiger partial charge is 0.368 e. The van der Waals surface area contributed by atoms with Crippen LogP contribution in [0.5, 0.6) is 0 Å². The normalized spacial score (nSPS) is 12.2. The zero-order valence-electron chi connectivity index (χ0n) is 10.4. The van der Waals surface area contributed by atoms with Crippen molar-refractivity contribution in [3.63, 3.8) is 0 Å².